The molecule has 0 aromatic carbocycles. The largest absolute Gasteiger partial charge is 0.333 e. The van der Waals surface area contributed by atoms with Crippen LogP contribution < -0.4 is 0 Å². The third-order valence-corrected chi connectivity index (χ3v) is 4.58. The van der Waals surface area contributed by atoms with Gasteiger partial charge in [0, 0.05) is 18.9 Å². The van der Waals surface area contributed by atoms with Crippen molar-refractivity contribution in [2.75, 3.05) is 6.54 Å². The number of carbonyl (C=O) groups is 1. The minimum Gasteiger partial charge on any atom is -0.333 e. The lowest BCUT2D eigenvalue weighted by Gasteiger charge is -2.35. The maximum atomic E-state index is 12.6. The molecule has 5 nitrogen and oxygen atoms in total. The zero-order chi connectivity index (χ0) is 13.9. The molecular weight excluding hydrogens is 272 g/mol. The fourth-order valence-corrected chi connectivity index (χ4v) is 3.42. The Morgan fingerprint density at radius 2 is 2.40 bits per heavy atom. The van der Waals surface area contributed by atoms with Crippen molar-refractivity contribution in [2.45, 2.75) is 38.8 Å². The van der Waals surface area contributed by atoms with Gasteiger partial charge >= 0.3 is 0 Å². The molecule has 1 amide bonds. The van der Waals surface area contributed by atoms with Crippen molar-refractivity contribution in [1.82, 2.24) is 19.7 Å². The molecule has 1 atom stereocenters. The zero-order valence-electron chi connectivity index (χ0n) is 11.5. The van der Waals surface area contributed by atoms with Gasteiger partial charge in [-0.2, -0.15) is 5.10 Å². The molecule has 0 N–H and O–H groups in total. The van der Waals surface area contributed by atoms with Gasteiger partial charge in [-0.1, -0.05) is 0 Å². The average Bonchev–Trinajstić information content (AvgIpc) is 3.10. The number of nitrogens with zero attached hydrogens (tertiary/aromatic N) is 4. The highest BCUT2D eigenvalue weighted by Crippen LogP contribution is 2.23. The van der Waals surface area contributed by atoms with Gasteiger partial charge < -0.3 is 4.90 Å². The van der Waals surface area contributed by atoms with E-state index < -0.39 is 0 Å². The number of carbonyl (C=O) groups excluding carboxylic acids is 1. The van der Waals surface area contributed by atoms with Crippen molar-refractivity contribution in [3.8, 4) is 0 Å². The molecule has 1 aliphatic heterocycles. The van der Waals surface area contributed by atoms with Gasteiger partial charge in [-0.3, -0.25) is 9.48 Å². The number of thiazole rings is 1. The molecule has 1 fully saturated rings. The van der Waals surface area contributed by atoms with E-state index in [0.717, 1.165) is 35.8 Å². The minimum absolute atomic E-state index is 0.118. The summed E-state index contributed by atoms with van der Waals surface area (Å²) >= 11 is 1.47. The highest BCUT2D eigenvalue weighted by atomic mass is 32.1. The molecule has 0 saturated carbocycles. The van der Waals surface area contributed by atoms with E-state index in [1.807, 2.05) is 28.8 Å². The van der Waals surface area contributed by atoms with E-state index in [4.69, 9.17) is 0 Å². The van der Waals surface area contributed by atoms with Crippen LogP contribution in [0.5, 0.6) is 0 Å². The monoisotopic (exact) mass is 290 g/mol. The third-order valence-electron chi connectivity index (χ3n) is 3.68. The molecule has 0 spiro atoms. The maximum absolute atomic E-state index is 12.6. The van der Waals surface area contributed by atoms with Gasteiger partial charge in [0.25, 0.3) is 5.91 Å². The molecule has 0 unspecified atom stereocenters. The smallest absolute Gasteiger partial charge is 0.265 e. The van der Waals surface area contributed by atoms with Crippen LogP contribution >= 0.6 is 11.3 Å². The molecule has 3 rings (SSSR count). The van der Waals surface area contributed by atoms with Gasteiger partial charge in [-0.05, 0) is 32.3 Å². The van der Waals surface area contributed by atoms with Crippen LogP contribution in [0.15, 0.2) is 24.7 Å². The van der Waals surface area contributed by atoms with Crippen molar-refractivity contribution < 1.29 is 4.79 Å². The summed E-state index contributed by atoms with van der Waals surface area (Å²) < 4.78 is 1.91. The number of amides is 1. The first kappa shape index (κ1) is 13.3. The fourth-order valence-electron chi connectivity index (χ4n) is 2.68. The number of likely N-dealkylation sites (tertiary alicyclic amines) is 1. The Kier molecular flexibility index (Phi) is 3.82. The summed E-state index contributed by atoms with van der Waals surface area (Å²) in [6, 6.07) is 2.15. The zero-order valence-corrected chi connectivity index (χ0v) is 12.3. The van der Waals surface area contributed by atoms with Crippen molar-refractivity contribution in [1.29, 1.82) is 0 Å². The summed E-state index contributed by atoms with van der Waals surface area (Å²) in [5.74, 6) is 0.118. The van der Waals surface area contributed by atoms with E-state index in [9.17, 15) is 4.79 Å². The Hall–Kier alpha value is -1.69. The molecule has 1 saturated heterocycles. The van der Waals surface area contributed by atoms with Crippen LogP contribution in [-0.4, -0.2) is 38.2 Å². The second-order valence-electron chi connectivity index (χ2n) is 5.12. The van der Waals surface area contributed by atoms with Crippen molar-refractivity contribution in [3.63, 3.8) is 0 Å². The Balaban J connectivity index is 1.76. The number of hydrogen-bond acceptors (Lipinski definition) is 4. The summed E-state index contributed by atoms with van der Waals surface area (Å²) in [4.78, 5) is 19.5. The van der Waals surface area contributed by atoms with Crippen LogP contribution in [0.4, 0.5) is 0 Å². The quantitative estimate of drug-likeness (QED) is 0.872. The molecule has 2 aromatic rings. The molecule has 2 aromatic heterocycles. The molecule has 0 bridgehead atoms. The van der Waals surface area contributed by atoms with Crippen LogP contribution in [0.2, 0.25) is 0 Å². The maximum Gasteiger partial charge on any atom is 0.265 e. The lowest BCUT2D eigenvalue weighted by Crippen LogP contribution is -2.45. The van der Waals surface area contributed by atoms with E-state index in [1.54, 1.807) is 12.4 Å². The van der Waals surface area contributed by atoms with Gasteiger partial charge in [0.2, 0.25) is 0 Å². The van der Waals surface area contributed by atoms with E-state index in [-0.39, 0.29) is 11.9 Å². The van der Waals surface area contributed by atoms with Crippen LogP contribution in [0.1, 0.15) is 33.9 Å². The summed E-state index contributed by atoms with van der Waals surface area (Å²) in [5.41, 5.74) is 0. The lowest BCUT2D eigenvalue weighted by molar-refractivity contribution is 0.0588. The van der Waals surface area contributed by atoms with Crippen LogP contribution in [-0.2, 0) is 6.54 Å². The second-order valence-corrected chi connectivity index (χ2v) is 6.35. The van der Waals surface area contributed by atoms with Crippen molar-refractivity contribution in [2.24, 2.45) is 0 Å². The third kappa shape index (κ3) is 2.75. The Morgan fingerprint density at radius 1 is 1.50 bits per heavy atom. The number of aryl methyl sites for hydroxylation is 1. The molecule has 6 heteroatoms. The van der Waals surface area contributed by atoms with Gasteiger partial charge in [-0.15, -0.1) is 11.3 Å². The molecular formula is C14H18N4OS. The van der Waals surface area contributed by atoms with Crippen molar-refractivity contribution >= 4 is 17.2 Å². The summed E-state index contributed by atoms with van der Waals surface area (Å²) in [6.07, 6.45) is 8.73. The van der Waals surface area contributed by atoms with E-state index >= 15 is 0 Å². The number of piperidine rings is 1. The first-order chi connectivity index (χ1) is 9.74. The Morgan fingerprint density at radius 3 is 3.10 bits per heavy atom. The van der Waals surface area contributed by atoms with Crippen LogP contribution in [0.25, 0.3) is 0 Å². The van der Waals surface area contributed by atoms with Crippen LogP contribution in [0.3, 0.4) is 0 Å². The second kappa shape index (κ2) is 5.75. The van der Waals surface area contributed by atoms with Gasteiger partial charge in [0.15, 0.2) is 0 Å². The first-order valence-corrected chi connectivity index (χ1v) is 7.76. The topological polar surface area (TPSA) is 51.0 Å². The normalized spacial score (nSPS) is 19.2. The van der Waals surface area contributed by atoms with Gasteiger partial charge in [-0.25, -0.2) is 4.98 Å². The molecule has 0 radical (unpaired) electrons. The number of hydrogen-bond donors (Lipinski definition) is 0. The summed E-state index contributed by atoms with van der Waals surface area (Å²) in [7, 11) is 0. The standard InChI is InChI=1S/C14H18N4OS/c1-11-15-9-13(20-11)14(19)18-8-3-2-5-12(18)10-17-7-4-6-16-17/h4,6-7,9,12H,2-3,5,8,10H2,1H3/t12-/m1/s1. The average molecular weight is 290 g/mol. The number of aromatic nitrogens is 3. The van der Waals surface area contributed by atoms with Gasteiger partial charge in [0.1, 0.15) is 4.88 Å². The predicted octanol–water partition coefficient (Wildman–Crippen LogP) is 2.34. The Labute approximate surface area is 122 Å². The van der Waals surface area contributed by atoms with Crippen molar-refractivity contribution in [3.05, 3.63) is 34.5 Å². The SMILES string of the molecule is Cc1ncc(C(=O)N2CCCC[C@@H]2Cn2cccn2)s1. The molecule has 106 valence electrons. The molecule has 0 aliphatic carbocycles. The highest BCUT2D eigenvalue weighted by molar-refractivity contribution is 7.13. The fraction of sp³-hybridized carbons (Fsp3) is 0.500. The van der Waals surface area contributed by atoms with Gasteiger partial charge in [0.05, 0.1) is 23.8 Å². The van der Waals surface area contributed by atoms with E-state index in [0.29, 0.717) is 0 Å². The summed E-state index contributed by atoms with van der Waals surface area (Å²) in [6.45, 7) is 3.54. The first-order valence-electron chi connectivity index (χ1n) is 6.95. The lowest BCUT2D eigenvalue weighted by atomic mass is 10.0. The molecule has 20 heavy (non-hydrogen) atoms. The molecule has 1 aliphatic rings. The van der Waals surface area contributed by atoms with E-state index in [2.05, 4.69) is 10.1 Å². The van der Waals surface area contributed by atoms with Crippen LogP contribution in [0, 0.1) is 6.92 Å². The highest BCUT2D eigenvalue weighted by Gasteiger charge is 2.28. The summed E-state index contributed by atoms with van der Waals surface area (Å²) in [5, 5.41) is 5.19. The Bertz CT molecular complexity index is 578. The van der Waals surface area contributed by atoms with E-state index in [1.165, 1.54) is 17.8 Å². The predicted molar refractivity (Wildman–Crippen MR) is 77.8 cm³/mol. The minimum atomic E-state index is 0.118. The number of rotatable bonds is 3. The molecule has 3 heterocycles.